The van der Waals surface area contributed by atoms with Crippen molar-refractivity contribution in [2.45, 2.75) is 25.3 Å². The van der Waals surface area contributed by atoms with Crippen LogP contribution >= 0.6 is 0 Å². The molecule has 1 unspecified atom stereocenters. The van der Waals surface area contributed by atoms with E-state index in [0.29, 0.717) is 17.6 Å². The Labute approximate surface area is 115 Å². The van der Waals surface area contributed by atoms with Gasteiger partial charge in [-0.1, -0.05) is 0 Å². The van der Waals surface area contributed by atoms with Gasteiger partial charge in [-0.3, -0.25) is 4.57 Å². The maximum atomic E-state index is 12.2. The number of carboxylic acid groups (broad SMARTS) is 1. The number of rotatable bonds is 2. The minimum atomic E-state index is -1.01. The van der Waals surface area contributed by atoms with Crippen molar-refractivity contribution in [3.05, 3.63) is 34.2 Å². The van der Waals surface area contributed by atoms with Crippen LogP contribution < -0.4 is 5.69 Å². The third-order valence-electron chi connectivity index (χ3n) is 3.89. The van der Waals surface area contributed by atoms with Gasteiger partial charge in [-0.15, -0.1) is 0 Å². The monoisotopic (exact) mass is 276 g/mol. The van der Waals surface area contributed by atoms with E-state index >= 15 is 0 Å². The molecular formula is C14H16N2O4. The third-order valence-corrected chi connectivity index (χ3v) is 3.89. The van der Waals surface area contributed by atoms with E-state index in [0.717, 1.165) is 19.4 Å². The number of nitrogens with zero attached hydrogens (tertiary/aromatic N) is 1. The summed E-state index contributed by atoms with van der Waals surface area (Å²) in [6.07, 6.45) is 1.77. The zero-order chi connectivity index (χ0) is 14.3. The van der Waals surface area contributed by atoms with Crippen molar-refractivity contribution in [3.8, 4) is 0 Å². The highest BCUT2D eigenvalue weighted by molar-refractivity contribution is 5.92. The van der Waals surface area contributed by atoms with Crippen LogP contribution in [-0.4, -0.2) is 33.8 Å². The van der Waals surface area contributed by atoms with E-state index in [1.165, 1.54) is 12.1 Å². The van der Waals surface area contributed by atoms with Gasteiger partial charge >= 0.3 is 11.7 Å². The molecule has 0 radical (unpaired) electrons. The molecule has 1 aromatic carbocycles. The van der Waals surface area contributed by atoms with Crippen LogP contribution in [0.5, 0.6) is 0 Å². The van der Waals surface area contributed by atoms with Gasteiger partial charge in [-0.25, -0.2) is 9.59 Å². The fourth-order valence-corrected chi connectivity index (χ4v) is 2.88. The highest BCUT2D eigenvalue weighted by atomic mass is 16.5. The molecule has 1 aliphatic heterocycles. The zero-order valence-corrected chi connectivity index (χ0v) is 11.2. The summed E-state index contributed by atoms with van der Waals surface area (Å²) < 4.78 is 7.19. The molecule has 1 atom stereocenters. The fraction of sp³-hybridized carbons (Fsp3) is 0.429. The van der Waals surface area contributed by atoms with Crippen molar-refractivity contribution in [1.29, 1.82) is 0 Å². The standard InChI is InChI=1S/C14H16N2O4/c1-14(5-2-6-20-8-14)16-11-4-3-9(12(17)18)7-10(11)15-13(16)19/h3-4,7H,2,5-6,8H2,1H3,(H,15,19)(H,17,18). The van der Waals surface area contributed by atoms with E-state index < -0.39 is 11.5 Å². The molecule has 1 aliphatic rings. The summed E-state index contributed by atoms with van der Waals surface area (Å²) in [4.78, 5) is 25.9. The van der Waals surface area contributed by atoms with Gasteiger partial charge in [0, 0.05) is 6.61 Å². The molecule has 1 aromatic heterocycles. The number of fused-ring (bicyclic) bond motifs is 1. The number of carboxylic acids is 1. The Balaban J connectivity index is 2.18. The van der Waals surface area contributed by atoms with Gasteiger partial charge in [-0.05, 0) is 38.0 Å². The average Bonchev–Trinajstić information content (AvgIpc) is 2.74. The van der Waals surface area contributed by atoms with Crippen molar-refractivity contribution in [1.82, 2.24) is 9.55 Å². The fourth-order valence-electron chi connectivity index (χ4n) is 2.88. The first-order valence-electron chi connectivity index (χ1n) is 6.58. The molecule has 20 heavy (non-hydrogen) atoms. The summed E-state index contributed by atoms with van der Waals surface area (Å²) >= 11 is 0. The van der Waals surface area contributed by atoms with Crippen molar-refractivity contribution < 1.29 is 14.6 Å². The number of aromatic carboxylic acids is 1. The molecule has 1 fully saturated rings. The second-order valence-corrected chi connectivity index (χ2v) is 5.46. The topological polar surface area (TPSA) is 84.3 Å². The van der Waals surface area contributed by atoms with E-state index in [-0.39, 0.29) is 11.3 Å². The second-order valence-electron chi connectivity index (χ2n) is 5.46. The molecule has 1 saturated heterocycles. The van der Waals surface area contributed by atoms with Crippen LogP contribution in [0.4, 0.5) is 0 Å². The number of aromatic amines is 1. The molecule has 0 amide bonds. The summed E-state index contributed by atoms with van der Waals surface area (Å²) in [5, 5.41) is 9.00. The van der Waals surface area contributed by atoms with E-state index in [9.17, 15) is 9.59 Å². The van der Waals surface area contributed by atoms with Gasteiger partial charge in [0.2, 0.25) is 0 Å². The van der Waals surface area contributed by atoms with Crippen LogP contribution in [0.2, 0.25) is 0 Å². The van der Waals surface area contributed by atoms with E-state index in [1.54, 1.807) is 10.6 Å². The lowest BCUT2D eigenvalue weighted by Crippen LogP contribution is -2.43. The molecule has 0 bridgehead atoms. The number of ether oxygens (including phenoxy) is 1. The van der Waals surface area contributed by atoms with E-state index in [4.69, 9.17) is 9.84 Å². The predicted molar refractivity (Wildman–Crippen MR) is 73.2 cm³/mol. The van der Waals surface area contributed by atoms with Crippen LogP contribution in [0.3, 0.4) is 0 Å². The maximum Gasteiger partial charge on any atom is 0.335 e. The number of hydrogen-bond acceptors (Lipinski definition) is 3. The van der Waals surface area contributed by atoms with Gasteiger partial charge < -0.3 is 14.8 Å². The number of benzene rings is 1. The summed E-state index contributed by atoms with van der Waals surface area (Å²) in [5.41, 5.74) is 0.805. The van der Waals surface area contributed by atoms with E-state index in [2.05, 4.69) is 4.98 Å². The van der Waals surface area contributed by atoms with Gasteiger partial charge in [0.1, 0.15) is 0 Å². The number of H-pyrrole nitrogens is 1. The number of hydrogen-bond donors (Lipinski definition) is 2. The number of nitrogens with one attached hydrogen (secondary N) is 1. The molecule has 6 heteroatoms. The van der Waals surface area contributed by atoms with Crippen molar-refractivity contribution >= 4 is 17.0 Å². The first kappa shape index (κ1) is 12.9. The quantitative estimate of drug-likeness (QED) is 0.871. The zero-order valence-electron chi connectivity index (χ0n) is 11.2. The molecule has 6 nitrogen and oxygen atoms in total. The van der Waals surface area contributed by atoms with E-state index in [1.807, 2.05) is 6.92 Å². The Morgan fingerprint density at radius 2 is 2.30 bits per heavy atom. The molecule has 0 spiro atoms. The van der Waals surface area contributed by atoms with Gasteiger partial charge in [-0.2, -0.15) is 0 Å². The molecule has 2 aromatic rings. The van der Waals surface area contributed by atoms with Gasteiger partial charge in [0.05, 0.1) is 28.7 Å². The SMILES string of the molecule is CC1(n2c(=O)[nH]c3cc(C(=O)O)ccc32)CCCOC1. The molecule has 106 valence electrons. The van der Waals surface area contributed by atoms with Gasteiger partial charge in [0.15, 0.2) is 0 Å². The minimum Gasteiger partial charge on any atom is -0.478 e. The number of imidazole rings is 1. The second kappa shape index (κ2) is 4.49. The lowest BCUT2D eigenvalue weighted by Gasteiger charge is -2.34. The molecule has 2 heterocycles. The summed E-state index contributed by atoms with van der Waals surface area (Å²) in [7, 11) is 0. The lowest BCUT2D eigenvalue weighted by molar-refractivity contribution is 0.00998. The summed E-state index contributed by atoms with van der Waals surface area (Å²) in [5.74, 6) is -1.01. The molecule has 3 rings (SSSR count). The molecule has 0 aliphatic carbocycles. The van der Waals surface area contributed by atoms with Crippen LogP contribution in [0.1, 0.15) is 30.1 Å². The summed E-state index contributed by atoms with van der Waals surface area (Å²) in [6, 6.07) is 4.68. The predicted octanol–water partition coefficient (Wildman–Crippen LogP) is 1.55. The number of carbonyl (C=O) groups is 1. The highest BCUT2D eigenvalue weighted by Gasteiger charge is 2.32. The Kier molecular flexibility index (Phi) is 2.90. The lowest BCUT2D eigenvalue weighted by atomic mass is 9.94. The molecular weight excluding hydrogens is 260 g/mol. The molecule has 2 N–H and O–H groups in total. The third kappa shape index (κ3) is 1.92. The van der Waals surface area contributed by atoms with Crippen molar-refractivity contribution in [3.63, 3.8) is 0 Å². The normalized spacial score (nSPS) is 23.1. The van der Waals surface area contributed by atoms with Crippen LogP contribution in [-0.2, 0) is 10.3 Å². The Morgan fingerprint density at radius 1 is 1.50 bits per heavy atom. The first-order valence-corrected chi connectivity index (χ1v) is 6.58. The maximum absolute atomic E-state index is 12.2. The highest BCUT2D eigenvalue weighted by Crippen LogP contribution is 2.28. The summed E-state index contributed by atoms with van der Waals surface area (Å²) in [6.45, 7) is 3.20. The van der Waals surface area contributed by atoms with Crippen LogP contribution in [0.15, 0.2) is 23.0 Å². The Bertz CT molecular complexity index is 722. The van der Waals surface area contributed by atoms with Crippen molar-refractivity contribution in [2.75, 3.05) is 13.2 Å². The first-order chi connectivity index (χ1) is 9.51. The molecule has 0 saturated carbocycles. The largest absolute Gasteiger partial charge is 0.478 e. The Hall–Kier alpha value is -2.08. The van der Waals surface area contributed by atoms with Crippen LogP contribution in [0, 0.1) is 0 Å². The smallest absolute Gasteiger partial charge is 0.335 e. The minimum absolute atomic E-state index is 0.163. The Morgan fingerprint density at radius 3 is 2.95 bits per heavy atom. The number of aromatic nitrogens is 2. The van der Waals surface area contributed by atoms with Gasteiger partial charge in [0.25, 0.3) is 0 Å². The van der Waals surface area contributed by atoms with Crippen LogP contribution in [0.25, 0.3) is 11.0 Å². The van der Waals surface area contributed by atoms with Crippen molar-refractivity contribution in [2.24, 2.45) is 0 Å². The average molecular weight is 276 g/mol.